The number of aliphatic hydroxyl groups is 1. The largest absolute Gasteiger partial charge is 0.494 e. The second kappa shape index (κ2) is 6.31. The maximum atomic E-state index is 11.7. The van der Waals surface area contributed by atoms with Crippen molar-refractivity contribution in [1.82, 2.24) is 9.78 Å². The summed E-state index contributed by atoms with van der Waals surface area (Å²) in [6.07, 6.45) is 0.393. The van der Waals surface area contributed by atoms with E-state index in [1.165, 1.54) is 0 Å². The highest BCUT2D eigenvalue weighted by molar-refractivity contribution is 6.04. The standard InChI is InChI=1S/C21H17N3O3/c1-14-21(26,11-12-27-14)10-9-15-5-4-6-16(13-15)24-18-8-3-2-7-17(18)19(23-24)20(22)25/h2-8,13,26H,1,11-12H2,(H2,22,25)/t21-/m0/s1. The average molecular weight is 359 g/mol. The van der Waals surface area contributed by atoms with Crippen molar-refractivity contribution in [2.45, 2.75) is 12.0 Å². The monoisotopic (exact) mass is 359 g/mol. The molecule has 134 valence electrons. The molecule has 2 aromatic carbocycles. The van der Waals surface area contributed by atoms with E-state index >= 15 is 0 Å². The Bertz CT molecular complexity index is 1140. The van der Waals surface area contributed by atoms with Crippen LogP contribution in [0.5, 0.6) is 0 Å². The van der Waals surface area contributed by atoms with Gasteiger partial charge in [0.25, 0.3) is 5.91 Å². The van der Waals surface area contributed by atoms with Crippen LogP contribution in [-0.2, 0) is 4.74 Å². The fourth-order valence-electron chi connectivity index (χ4n) is 3.05. The number of rotatable bonds is 2. The van der Waals surface area contributed by atoms with Gasteiger partial charge < -0.3 is 15.6 Å². The Kier molecular flexibility index (Phi) is 3.94. The molecule has 1 aromatic heterocycles. The first-order valence-electron chi connectivity index (χ1n) is 8.44. The first-order valence-corrected chi connectivity index (χ1v) is 8.44. The van der Waals surface area contributed by atoms with E-state index in [2.05, 4.69) is 23.5 Å². The number of ether oxygens (including phenoxy) is 1. The molecule has 6 nitrogen and oxygen atoms in total. The Morgan fingerprint density at radius 1 is 1.30 bits per heavy atom. The number of amides is 1. The molecule has 1 atom stereocenters. The summed E-state index contributed by atoms with van der Waals surface area (Å²) in [6, 6.07) is 14.7. The smallest absolute Gasteiger partial charge is 0.269 e. The normalized spacial score (nSPS) is 18.8. The van der Waals surface area contributed by atoms with E-state index < -0.39 is 11.5 Å². The number of para-hydroxylation sites is 1. The molecule has 3 aromatic rings. The van der Waals surface area contributed by atoms with Crippen LogP contribution in [0.15, 0.2) is 60.9 Å². The number of nitrogens with two attached hydrogens (primary N) is 1. The van der Waals surface area contributed by atoms with Crippen LogP contribution in [-0.4, -0.2) is 33.0 Å². The van der Waals surface area contributed by atoms with Crippen LogP contribution in [0, 0.1) is 11.8 Å². The van der Waals surface area contributed by atoms with Gasteiger partial charge in [0.05, 0.1) is 17.8 Å². The van der Waals surface area contributed by atoms with Crippen LogP contribution in [0.25, 0.3) is 16.6 Å². The van der Waals surface area contributed by atoms with Crippen LogP contribution < -0.4 is 5.73 Å². The van der Waals surface area contributed by atoms with Crippen molar-refractivity contribution in [3.63, 3.8) is 0 Å². The number of carbonyl (C=O) groups is 1. The van der Waals surface area contributed by atoms with Crippen molar-refractivity contribution >= 4 is 16.8 Å². The van der Waals surface area contributed by atoms with E-state index in [-0.39, 0.29) is 11.5 Å². The first kappa shape index (κ1) is 16.9. The second-order valence-corrected chi connectivity index (χ2v) is 6.32. The third-order valence-corrected chi connectivity index (χ3v) is 4.53. The zero-order chi connectivity index (χ0) is 19.0. The topological polar surface area (TPSA) is 90.4 Å². The molecule has 0 bridgehead atoms. The van der Waals surface area contributed by atoms with Gasteiger partial charge in [-0.15, -0.1) is 0 Å². The Morgan fingerprint density at radius 2 is 2.11 bits per heavy atom. The van der Waals surface area contributed by atoms with Gasteiger partial charge in [-0.05, 0) is 24.3 Å². The molecule has 6 heteroatoms. The average Bonchev–Trinajstić information content (AvgIpc) is 3.22. The second-order valence-electron chi connectivity index (χ2n) is 6.32. The lowest BCUT2D eigenvalue weighted by molar-refractivity contribution is 0.0996. The molecule has 0 saturated carbocycles. The van der Waals surface area contributed by atoms with Crippen LogP contribution in [0.3, 0.4) is 0 Å². The van der Waals surface area contributed by atoms with Crippen LogP contribution in [0.4, 0.5) is 0 Å². The fraction of sp³-hybridized carbons (Fsp3) is 0.143. The van der Waals surface area contributed by atoms with E-state index in [1.54, 1.807) is 4.68 Å². The van der Waals surface area contributed by atoms with Crippen LogP contribution in [0.1, 0.15) is 22.5 Å². The SMILES string of the molecule is C=C1OCC[C@@]1(O)C#Cc1cccc(-n2nc(C(N)=O)c3ccccc32)c1. The summed E-state index contributed by atoms with van der Waals surface area (Å²) in [4.78, 5) is 11.7. The predicted octanol–water partition coefficient (Wildman–Crippen LogP) is 2.14. The molecular formula is C21H17N3O3. The summed E-state index contributed by atoms with van der Waals surface area (Å²) < 4.78 is 6.88. The molecule has 1 saturated heterocycles. The molecule has 1 aliphatic rings. The summed E-state index contributed by atoms with van der Waals surface area (Å²) in [7, 11) is 0. The van der Waals surface area contributed by atoms with E-state index in [1.807, 2.05) is 48.5 Å². The maximum Gasteiger partial charge on any atom is 0.269 e. The van der Waals surface area contributed by atoms with Gasteiger partial charge in [-0.2, -0.15) is 5.10 Å². The number of nitrogens with zero attached hydrogens (tertiary/aromatic N) is 2. The van der Waals surface area contributed by atoms with Gasteiger partial charge >= 0.3 is 0 Å². The highest BCUT2D eigenvalue weighted by atomic mass is 16.5. The quantitative estimate of drug-likeness (QED) is 0.686. The molecule has 0 radical (unpaired) electrons. The molecule has 0 unspecified atom stereocenters. The zero-order valence-electron chi connectivity index (χ0n) is 14.5. The Labute approximate surface area is 155 Å². The van der Waals surface area contributed by atoms with Crippen molar-refractivity contribution in [2.24, 2.45) is 5.73 Å². The molecular weight excluding hydrogens is 342 g/mol. The fourth-order valence-corrected chi connectivity index (χ4v) is 3.05. The van der Waals surface area contributed by atoms with Gasteiger partial charge in [0.2, 0.25) is 0 Å². The molecule has 2 heterocycles. The van der Waals surface area contributed by atoms with Crippen molar-refractivity contribution in [3.05, 3.63) is 72.1 Å². The molecule has 0 spiro atoms. The van der Waals surface area contributed by atoms with E-state index in [0.717, 1.165) is 11.2 Å². The zero-order valence-corrected chi connectivity index (χ0v) is 14.5. The van der Waals surface area contributed by atoms with Gasteiger partial charge in [-0.1, -0.05) is 42.7 Å². The maximum absolute atomic E-state index is 11.7. The number of benzene rings is 2. The highest BCUT2D eigenvalue weighted by Gasteiger charge is 2.35. The van der Waals surface area contributed by atoms with Crippen molar-refractivity contribution in [3.8, 4) is 17.5 Å². The number of aromatic nitrogens is 2. The minimum atomic E-state index is -1.33. The minimum absolute atomic E-state index is 0.218. The molecule has 0 aliphatic carbocycles. The Balaban J connectivity index is 1.77. The molecule has 4 rings (SSSR count). The third kappa shape index (κ3) is 2.94. The molecule has 27 heavy (non-hydrogen) atoms. The lowest BCUT2D eigenvalue weighted by Crippen LogP contribution is -2.23. The summed E-state index contributed by atoms with van der Waals surface area (Å²) in [5, 5.41) is 15.5. The summed E-state index contributed by atoms with van der Waals surface area (Å²) >= 11 is 0. The van der Waals surface area contributed by atoms with E-state index in [0.29, 0.717) is 24.0 Å². The first-order chi connectivity index (χ1) is 13.0. The van der Waals surface area contributed by atoms with Crippen LogP contribution >= 0.6 is 0 Å². The number of fused-ring (bicyclic) bond motifs is 1. The summed E-state index contributed by atoms with van der Waals surface area (Å²) in [5.41, 5.74) is 6.56. The van der Waals surface area contributed by atoms with Gasteiger partial charge in [0.1, 0.15) is 5.76 Å². The number of primary amides is 1. The van der Waals surface area contributed by atoms with Gasteiger partial charge in [0, 0.05) is 17.4 Å². The summed E-state index contributed by atoms with van der Waals surface area (Å²) in [6.45, 7) is 4.11. The van der Waals surface area contributed by atoms with E-state index in [4.69, 9.17) is 10.5 Å². The van der Waals surface area contributed by atoms with Gasteiger partial charge in [-0.25, -0.2) is 4.68 Å². The minimum Gasteiger partial charge on any atom is -0.494 e. The lowest BCUT2D eigenvalue weighted by Gasteiger charge is -2.12. The van der Waals surface area contributed by atoms with Crippen molar-refractivity contribution < 1.29 is 14.6 Å². The molecule has 1 fully saturated rings. The number of hydrogen-bond donors (Lipinski definition) is 2. The third-order valence-electron chi connectivity index (χ3n) is 4.53. The predicted molar refractivity (Wildman–Crippen MR) is 101 cm³/mol. The molecule has 1 amide bonds. The van der Waals surface area contributed by atoms with Crippen molar-refractivity contribution in [2.75, 3.05) is 6.61 Å². The lowest BCUT2D eigenvalue weighted by atomic mass is 10.0. The van der Waals surface area contributed by atoms with E-state index in [9.17, 15) is 9.90 Å². The number of carbonyl (C=O) groups excluding carboxylic acids is 1. The van der Waals surface area contributed by atoms with Gasteiger partial charge in [-0.3, -0.25) is 4.79 Å². The molecule has 1 aliphatic heterocycles. The Hall–Kier alpha value is -3.56. The highest BCUT2D eigenvalue weighted by Crippen LogP contribution is 2.27. The van der Waals surface area contributed by atoms with Crippen LogP contribution in [0.2, 0.25) is 0 Å². The molecule has 3 N–H and O–H groups in total. The van der Waals surface area contributed by atoms with Crippen molar-refractivity contribution in [1.29, 1.82) is 0 Å². The summed E-state index contributed by atoms with van der Waals surface area (Å²) in [5.74, 6) is 5.51. The van der Waals surface area contributed by atoms with Gasteiger partial charge in [0.15, 0.2) is 11.3 Å². The number of hydrogen-bond acceptors (Lipinski definition) is 4. The Morgan fingerprint density at radius 3 is 2.85 bits per heavy atom.